The highest BCUT2D eigenvalue weighted by atomic mass is 35.5. The van der Waals surface area contributed by atoms with Crippen LogP contribution in [0.2, 0.25) is 5.02 Å². The second kappa shape index (κ2) is 5.27. The van der Waals surface area contributed by atoms with E-state index >= 15 is 0 Å². The summed E-state index contributed by atoms with van der Waals surface area (Å²) in [4.78, 5) is 25.7. The molecule has 2 aliphatic heterocycles. The number of carbonyl (C=O) groups is 2. The minimum atomic E-state index is -0.896. The van der Waals surface area contributed by atoms with Crippen molar-refractivity contribution in [2.24, 2.45) is 0 Å². The van der Waals surface area contributed by atoms with E-state index in [0.717, 1.165) is 17.9 Å². The Labute approximate surface area is 126 Å². The number of imide groups is 1. The highest BCUT2D eigenvalue weighted by Crippen LogP contribution is 2.28. The topological polar surface area (TPSA) is 61.4 Å². The lowest BCUT2D eigenvalue weighted by Crippen LogP contribution is -2.57. The van der Waals surface area contributed by atoms with Crippen LogP contribution in [0.25, 0.3) is 0 Å². The van der Waals surface area contributed by atoms with Gasteiger partial charge in [-0.25, -0.2) is 9.18 Å². The molecule has 2 heterocycles. The lowest BCUT2D eigenvalue weighted by molar-refractivity contribution is -0.132. The van der Waals surface area contributed by atoms with Crippen LogP contribution in [-0.4, -0.2) is 35.5 Å². The fourth-order valence-electron chi connectivity index (χ4n) is 2.86. The van der Waals surface area contributed by atoms with Crippen LogP contribution in [-0.2, 0) is 11.3 Å². The van der Waals surface area contributed by atoms with Gasteiger partial charge in [0.05, 0.1) is 6.54 Å². The van der Waals surface area contributed by atoms with E-state index in [0.29, 0.717) is 13.0 Å². The van der Waals surface area contributed by atoms with Crippen LogP contribution in [0.15, 0.2) is 18.2 Å². The first kappa shape index (κ1) is 14.3. The Kier molecular flexibility index (Phi) is 3.59. The van der Waals surface area contributed by atoms with Gasteiger partial charge < -0.3 is 10.6 Å². The molecule has 0 radical (unpaired) electrons. The van der Waals surface area contributed by atoms with Crippen molar-refractivity contribution in [3.8, 4) is 0 Å². The Bertz CT molecular complexity index is 582. The van der Waals surface area contributed by atoms with Crippen molar-refractivity contribution in [1.29, 1.82) is 0 Å². The summed E-state index contributed by atoms with van der Waals surface area (Å²) in [5.74, 6) is -0.843. The monoisotopic (exact) mass is 311 g/mol. The predicted octanol–water partition coefficient (Wildman–Crippen LogP) is 1.65. The average Bonchev–Trinajstić information content (AvgIpc) is 2.67. The Balaban J connectivity index is 1.86. The maximum absolute atomic E-state index is 13.8. The van der Waals surface area contributed by atoms with Gasteiger partial charge in [0.25, 0.3) is 5.91 Å². The molecule has 1 atom stereocenters. The fourth-order valence-corrected chi connectivity index (χ4v) is 3.08. The molecule has 21 heavy (non-hydrogen) atoms. The number of hydrogen-bond acceptors (Lipinski definition) is 3. The van der Waals surface area contributed by atoms with E-state index in [1.54, 1.807) is 0 Å². The summed E-state index contributed by atoms with van der Waals surface area (Å²) in [6, 6.07) is 3.79. The van der Waals surface area contributed by atoms with Crippen molar-refractivity contribution in [3.63, 3.8) is 0 Å². The van der Waals surface area contributed by atoms with Gasteiger partial charge in [-0.2, -0.15) is 0 Å². The molecule has 0 bridgehead atoms. The Morgan fingerprint density at radius 1 is 1.38 bits per heavy atom. The van der Waals surface area contributed by atoms with Crippen LogP contribution in [0.3, 0.4) is 0 Å². The lowest BCUT2D eigenvalue weighted by Gasteiger charge is -2.31. The van der Waals surface area contributed by atoms with Crippen LogP contribution in [0, 0.1) is 5.82 Å². The van der Waals surface area contributed by atoms with Gasteiger partial charge in [-0.05, 0) is 31.5 Å². The zero-order valence-corrected chi connectivity index (χ0v) is 12.0. The molecular weight excluding hydrogens is 297 g/mol. The van der Waals surface area contributed by atoms with Crippen molar-refractivity contribution in [3.05, 3.63) is 34.6 Å². The van der Waals surface area contributed by atoms with Gasteiger partial charge in [0.2, 0.25) is 0 Å². The van der Waals surface area contributed by atoms with Gasteiger partial charge >= 0.3 is 6.03 Å². The number of hydrogen-bond donors (Lipinski definition) is 2. The number of benzene rings is 1. The summed E-state index contributed by atoms with van der Waals surface area (Å²) < 4.78 is 13.8. The fraction of sp³-hybridized carbons (Fsp3) is 0.429. The lowest BCUT2D eigenvalue weighted by atomic mass is 9.90. The minimum Gasteiger partial charge on any atom is -0.322 e. The van der Waals surface area contributed by atoms with E-state index in [1.165, 1.54) is 18.2 Å². The molecule has 2 fully saturated rings. The number of piperidine rings is 1. The van der Waals surface area contributed by atoms with Crippen LogP contribution in [0.1, 0.15) is 18.4 Å². The first-order valence-corrected chi connectivity index (χ1v) is 7.19. The normalized spacial score (nSPS) is 25.5. The van der Waals surface area contributed by atoms with Gasteiger partial charge in [-0.15, -0.1) is 0 Å². The summed E-state index contributed by atoms with van der Waals surface area (Å²) in [6.07, 6.45) is 1.40. The molecule has 0 aromatic heterocycles. The molecule has 7 heteroatoms. The quantitative estimate of drug-likeness (QED) is 0.817. The highest BCUT2D eigenvalue weighted by Gasteiger charge is 2.51. The second-order valence-electron chi connectivity index (χ2n) is 5.38. The molecule has 0 aliphatic carbocycles. The zero-order chi connectivity index (χ0) is 15.0. The third kappa shape index (κ3) is 2.38. The minimum absolute atomic E-state index is 0.155. The number of urea groups is 1. The number of carbonyl (C=O) groups excluding carboxylic acids is 2. The van der Waals surface area contributed by atoms with Crippen LogP contribution >= 0.6 is 11.6 Å². The predicted molar refractivity (Wildman–Crippen MR) is 75.3 cm³/mol. The summed E-state index contributed by atoms with van der Waals surface area (Å²) in [6.45, 7) is 1.07. The van der Waals surface area contributed by atoms with Crippen LogP contribution < -0.4 is 10.6 Å². The number of rotatable bonds is 2. The third-order valence-electron chi connectivity index (χ3n) is 4.01. The molecule has 5 nitrogen and oxygen atoms in total. The number of nitrogens with one attached hydrogen (secondary N) is 2. The summed E-state index contributed by atoms with van der Waals surface area (Å²) in [5, 5.41) is 6.06. The molecule has 2 saturated heterocycles. The maximum Gasteiger partial charge on any atom is 0.325 e. The molecule has 1 aromatic carbocycles. The smallest absolute Gasteiger partial charge is 0.322 e. The second-order valence-corrected chi connectivity index (χ2v) is 5.79. The molecular formula is C14H15ClFN3O2. The standard InChI is InChI=1S/C14H15ClFN3O2/c15-10-3-1-4-11(16)9(10)7-19-12(20)14(18-13(19)21)5-2-6-17-8-14/h1,3-4,17H,2,5-8H2,(H,18,21). The molecule has 1 spiro atoms. The van der Waals surface area contributed by atoms with Crippen molar-refractivity contribution in [1.82, 2.24) is 15.5 Å². The summed E-state index contributed by atoms with van der Waals surface area (Å²) in [7, 11) is 0. The van der Waals surface area contributed by atoms with E-state index < -0.39 is 17.4 Å². The number of nitrogens with zero attached hydrogens (tertiary/aromatic N) is 1. The van der Waals surface area contributed by atoms with Crippen LogP contribution in [0.4, 0.5) is 9.18 Å². The average molecular weight is 312 g/mol. The van der Waals surface area contributed by atoms with Gasteiger partial charge in [0.15, 0.2) is 0 Å². The highest BCUT2D eigenvalue weighted by molar-refractivity contribution is 6.31. The molecule has 112 valence electrons. The van der Waals surface area contributed by atoms with Crippen molar-refractivity contribution in [2.75, 3.05) is 13.1 Å². The van der Waals surface area contributed by atoms with Gasteiger partial charge in [0.1, 0.15) is 11.4 Å². The molecule has 1 aromatic rings. The number of amides is 3. The van der Waals surface area contributed by atoms with Crippen molar-refractivity contribution < 1.29 is 14.0 Å². The van der Waals surface area contributed by atoms with E-state index in [-0.39, 0.29) is 23.0 Å². The molecule has 0 saturated carbocycles. The Morgan fingerprint density at radius 2 is 2.19 bits per heavy atom. The first-order chi connectivity index (χ1) is 10.0. The van der Waals surface area contributed by atoms with E-state index in [1.807, 2.05) is 0 Å². The van der Waals surface area contributed by atoms with Crippen molar-refractivity contribution >= 4 is 23.5 Å². The largest absolute Gasteiger partial charge is 0.325 e. The summed E-state index contributed by atoms with van der Waals surface area (Å²) >= 11 is 5.96. The molecule has 2 aliphatic rings. The van der Waals surface area contributed by atoms with E-state index in [4.69, 9.17) is 11.6 Å². The van der Waals surface area contributed by atoms with E-state index in [2.05, 4.69) is 10.6 Å². The summed E-state index contributed by atoms with van der Waals surface area (Å²) in [5.41, 5.74) is -0.740. The number of halogens is 2. The first-order valence-electron chi connectivity index (χ1n) is 6.81. The van der Waals surface area contributed by atoms with Gasteiger partial charge in [-0.1, -0.05) is 17.7 Å². The SMILES string of the molecule is O=C1NC2(CCCNC2)C(=O)N1Cc1c(F)cccc1Cl. The van der Waals surface area contributed by atoms with E-state index in [9.17, 15) is 14.0 Å². The molecule has 3 rings (SSSR count). The zero-order valence-electron chi connectivity index (χ0n) is 11.3. The molecule has 3 amide bonds. The van der Waals surface area contributed by atoms with Gasteiger partial charge in [-0.3, -0.25) is 9.69 Å². The maximum atomic E-state index is 13.8. The Morgan fingerprint density at radius 3 is 2.86 bits per heavy atom. The molecule has 1 unspecified atom stereocenters. The molecule has 2 N–H and O–H groups in total. The third-order valence-corrected chi connectivity index (χ3v) is 4.36. The van der Waals surface area contributed by atoms with Crippen molar-refractivity contribution in [2.45, 2.75) is 24.9 Å². The van der Waals surface area contributed by atoms with Crippen LogP contribution in [0.5, 0.6) is 0 Å². The Hall–Kier alpha value is -1.66. The van der Waals surface area contributed by atoms with Gasteiger partial charge in [0, 0.05) is 17.1 Å².